The molecule has 1 N–H and O–H groups in total. The van der Waals surface area contributed by atoms with Crippen LogP contribution in [0.25, 0.3) is 5.52 Å². The van der Waals surface area contributed by atoms with Crippen molar-refractivity contribution in [2.75, 3.05) is 0 Å². The van der Waals surface area contributed by atoms with E-state index in [0.29, 0.717) is 5.78 Å². The Morgan fingerprint density at radius 2 is 1.95 bits per heavy atom. The van der Waals surface area contributed by atoms with E-state index in [1.54, 1.807) is 0 Å². The molecule has 0 atom stereocenters. The zero-order valence-corrected chi connectivity index (χ0v) is 12.9. The van der Waals surface area contributed by atoms with Crippen LogP contribution < -0.4 is 5.32 Å². The largest absolute Gasteiger partial charge is 0.323 e. The van der Waals surface area contributed by atoms with E-state index in [4.69, 9.17) is 0 Å². The number of carbonyl (C=O) groups is 3. The molecule has 0 saturated heterocycles. The number of Topliss-reactive ketones (excluding diaryl/α,β-unsaturated/α-hetero) is 1. The molecule has 22 heavy (non-hydrogen) atoms. The van der Waals surface area contributed by atoms with Gasteiger partial charge in [-0.1, -0.05) is 13.0 Å². The minimum atomic E-state index is -0.318. The first-order valence-electron chi connectivity index (χ1n) is 7.40. The number of imide groups is 1. The highest BCUT2D eigenvalue weighted by molar-refractivity contribution is 5.95. The van der Waals surface area contributed by atoms with Gasteiger partial charge in [0.2, 0.25) is 11.8 Å². The lowest BCUT2D eigenvalue weighted by molar-refractivity contribution is -0.128. The second-order valence-corrected chi connectivity index (χ2v) is 5.30. The van der Waals surface area contributed by atoms with Crippen molar-refractivity contribution in [3.05, 3.63) is 41.7 Å². The van der Waals surface area contributed by atoms with Crippen LogP contribution in [0.3, 0.4) is 0 Å². The Morgan fingerprint density at radius 3 is 2.50 bits per heavy atom. The van der Waals surface area contributed by atoms with Gasteiger partial charge in [-0.05, 0) is 29.7 Å². The topological polar surface area (TPSA) is 67.7 Å². The van der Waals surface area contributed by atoms with Gasteiger partial charge in [0.1, 0.15) is 5.78 Å². The fraction of sp³-hybridized carbons (Fsp3) is 0.353. The summed E-state index contributed by atoms with van der Waals surface area (Å²) in [5.74, 6) is -0.157. The first-order chi connectivity index (χ1) is 10.5. The number of pyridine rings is 1. The van der Waals surface area contributed by atoms with Gasteiger partial charge >= 0.3 is 0 Å². The molecule has 1 saturated carbocycles. The Morgan fingerprint density at radius 1 is 1.27 bits per heavy atom. The zero-order chi connectivity index (χ0) is 16.1. The molecule has 3 rings (SSSR count). The van der Waals surface area contributed by atoms with E-state index in [2.05, 4.69) is 12.2 Å². The van der Waals surface area contributed by atoms with Crippen LogP contribution in [-0.2, 0) is 27.2 Å². The number of aromatic nitrogens is 1. The number of carbonyl (C=O) groups excluding carboxylic acids is 3. The van der Waals surface area contributed by atoms with Gasteiger partial charge in [-0.25, -0.2) is 0 Å². The Labute approximate surface area is 129 Å². The summed E-state index contributed by atoms with van der Waals surface area (Å²) < 4.78 is 2.01. The maximum absolute atomic E-state index is 11.7. The highest BCUT2D eigenvalue weighted by Crippen LogP contribution is 2.19. The fourth-order valence-electron chi connectivity index (χ4n) is 2.20. The van der Waals surface area contributed by atoms with Crippen LogP contribution in [-0.4, -0.2) is 22.0 Å². The number of fused-ring (bicyclic) bond motifs is 1. The molecule has 0 unspecified atom stereocenters. The van der Waals surface area contributed by atoms with Crippen molar-refractivity contribution in [1.82, 2.24) is 9.72 Å². The summed E-state index contributed by atoms with van der Waals surface area (Å²) in [4.78, 5) is 32.1. The second-order valence-electron chi connectivity index (χ2n) is 5.30. The zero-order valence-electron chi connectivity index (χ0n) is 12.9. The molecule has 0 aliphatic heterocycles. The third-order valence-corrected chi connectivity index (χ3v) is 3.37. The van der Waals surface area contributed by atoms with Crippen molar-refractivity contribution in [2.24, 2.45) is 0 Å². The molecule has 1 aliphatic carbocycles. The van der Waals surface area contributed by atoms with Crippen LogP contribution in [0.2, 0.25) is 0 Å². The first-order valence-corrected chi connectivity index (χ1v) is 7.40. The van der Waals surface area contributed by atoms with Gasteiger partial charge in [0.25, 0.3) is 0 Å². The lowest BCUT2D eigenvalue weighted by atomic mass is 10.1. The molecule has 0 radical (unpaired) electrons. The minimum absolute atomic E-state index is 0.239. The molecule has 5 heteroatoms. The number of ketones is 1. The molecule has 0 bridgehead atoms. The van der Waals surface area contributed by atoms with E-state index in [9.17, 15) is 14.4 Å². The average Bonchev–Trinajstić information content (AvgIpc) is 3.17. The van der Waals surface area contributed by atoms with Crippen LogP contribution in [0.4, 0.5) is 0 Å². The highest BCUT2D eigenvalue weighted by Gasteiger charge is 2.14. The standard InChI is InChI=1S/C14H16N2O2.C3H4O/c1-3-11-9-16-7-5-4-6-13(16)12(11)8-14(18)15-10(2)17;4-3-1-2-3/h4-7,9H,3,8H2,1-2H3,(H,15,17,18);1-2H2. The third-order valence-electron chi connectivity index (χ3n) is 3.37. The number of hydrogen-bond acceptors (Lipinski definition) is 3. The molecule has 0 spiro atoms. The van der Waals surface area contributed by atoms with Gasteiger partial charge in [-0.15, -0.1) is 0 Å². The molecule has 5 nitrogen and oxygen atoms in total. The third kappa shape index (κ3) is 4.28. The average molecular weight is 300 g/mol. The molecule has 116 valence electrons. The van der Waals surface area contributed by atoms with E-state index in [-0.39, 0.29) is 18.2 Å². The van der Waals surface area contributed by atoms with E-state index in [1.807, 2.05) is 35.0 Å². The summed E-state index contributed by atoms with van der Waals surface area (Å²) >= 11 is 0. The van der Waals surface area contributed by atoms with Gasteiger partial charge < -0.3 is 4.40 Å². The van der Waals surface area contributed by atoms with Gasteiger partial charge in [0.05, 0.1) is 6.42 Å². The maximum Gasteiger partial charge on any atom is 0.231 e. The van der Waals surface area contributed by atoms with E-state index < -0.39 is 0 Å². The molecular weight excluding hydrogens is 280 g/mol. The van der Waals surface area contributed by atoms with Crippen molar-refractivity contribution >= 4 is 23.1 Å². The Bertz CT molecular complexity index is 710. The summed E-state index contributed by atoms with van der Waals surface area (Å²) in [6, 6.07) is 5.88. The number of amides is 2. The van der Waals surface area contributed by atoms with Crippen LogP contribution >= 0.6 is 0 Å². The first kappa shape index (κ1) is 15.9. The molecule has 0 aromatic carbocycles. The number of rotatable bonds is 3. The molecular formula is C17H20N2O3. The van der Waals surface area contributed by atoms with Gasteiger partial charge in [-0.2, -0.15) is 0 Å². The van der Waals surface area contributed by atoms with Crippen LogP contribution in [0.15, 0.2) is 30.6 Å². The normalized spacial score (nSPS) is 12.5. The Hall–Kier alpha value is -2.43. The van der Waals surface area contributed by atoms with Crippen molar-refractivity contribution in [3.63, 3.8) is 0 Å². The van der Waals surface area contributed by atoms with E-state index in [0.717, 1.165) is 35.9 Å². The predicted octanol–water partition coefficient (Wildman–Crippen LogP) is 2.06. The monoisotopic (exact) mass is 300 g/mol. The van der Waals surface area contributed by atoms with Crippen LogP contribution in [0.5, 0.6) is 0 Å². The molecule has 2 amide bonds. The number of nitrogens with zero attached hydrogens (tertiary/aromatic N) is 1. The molecule has 1 aliphatic rings. The van der Waals surface area contributed by atoms with Gasteiger partial charge in [0.15, 0.2) is 0 Å². The molecule has 2 aromatic rings. The predicted molar refractivity (Wildman–Crippen MR) is 83.5 cm³/mol. The summed E-state index contributed by atoms with van der Waals surface area (Å²) in [7, 11) is 0. The van der Waals surface area contributed by atoms with E-state index in [1.165, 1.54) is 6.92 Å². The van der Waals surface area contributed by atoms with Crippen LogP contribution in [0, 0.1) is 0 Å². The lowest BCUT2D eigenvalue weighted by Crippen LogP contribution is -2.29. The van der Waals surface area contributed by atoms with Gasteiger partial charge in [0, 0.05) is 37.7 Å². The van der Waals surface area contributed by atoms with Crippen molar-refractivity contribution in [1.29, 1.82) is 0 Å². The Balaban J connectivity index is 0.000000381. The smallest absolute Gasteiger partial charge is 0.231 e. The number of nitrogens with one attached hydrogen (secondary N) is 1. The quantitative estimate of drug-likeness (QED) is 0.943. The molecule has 1 fully saturated rings. The highest BCUT2D eigenvalue weighted by atomic mass is 16.2. The summed E-state index contributed by atoms with van der Waals surface area (Å²) in [6.45, 7) is 3.40. The second kappa shape index (κ2) is 7.02. The Kier molecular flexibility index (Phi) is 5.09. The molecule has 2 aromatic heterocycles. The van der Waals surface area contributed by atoms with Crippen LogP contribution in [0.1, 0.15) is 37.8 Å². The maximum atomic E-state index is 11.7. The van der Waals surface area contributed by atoms with Gasteiger partial charge in [-0.3, -0.25) is 19.7 Å². The van der Waals surface area contributed by atoms with E-state index >= 15 is 0 Å². The number of aryl methyl sites for hydroxylation is 1. The molecule has 2 heterocycles. The number of hydrogen-bond donors (Lipinski definition) is 1. The van der Waals surface area contributed by atoms with Crippen molar-refractivity contribution < 1.29 is 14.4 Å². The summed E-state index contributed by atoms with van der Waals surface area (Å²) in [6.07, 6.45) is 6.79. The van der Waals surface area contributed by atoms with Crippen molar-refractivity contribution in [3.8, 4) is 0 Å². The summed E-state index contributed by atoms with van der Waals surface area (Å²) in [5.41, 5.74) is 3.16. The SMILES string of the molecule is CCc1cn2ccccc2c1CC(=O)NC(C)=O.O=C1CC1. The summed E-state index contributed by atoms with van der Waals surface area (Å²) in [5, 5.41) is 2.31. The minimum Gasteiger partial charge on any atom is -0.323 e. The lowest BCUT2D eigenvalue weighted by Gasteiger charge is -2.03. The fourth-order valence-corrected chi connectivity index (χ4v) is 2.20. The van der Waals surface area contributed by atoms with Crippen molar-refractivity contribution in [2.45, 2.75) is 39.5 Å².